The molecule has 1 aromatic carbocycles. The Balaban J connectivity index is 1.75. The lowest BCUT2D eigenvalue weighted by atomic mass is 10.2. The van der Waals surface area contributed by atoms with Crippen molar-refractivity contribution >= 4 is 0 Å². The first-order chi connectivity index (χ1) is 8.88. The molecule has 0 aliphatic rings. The van der Waals surface area contributed by atoms with Crippen LogP contribution in [0, 0.1) is 0 Å². The fourth-order valence-electron chi connectivity index (χ4n) is 1.78. The van der Waals surface area contributed by atoms with Crippen molar-refractivity contribution in [2.45, 2.75) is 13.0 Å². The molecule has 0 bridgehead atoms. The van der Waals surface area contributed by atoms with Crippen molar-refractivity contribution < 1.29 is 4.74 Å². The molecule has 0 unspecified atom stereocenters. The monoisotopic (exact) mass is 242 g/mol. The lowest BCUT2D eigenvalue weighted by Gasteiger charge is -2.06. The first-order valence-corrected chi connectivity index (χ1v) is 6.12. The van der Waals surface area contributed by atoms with Crippen molar-refractivity contribution in [1.82, 2.24) is 10.3 Å². The number of hydrogen-bond acceptors (Lipinski definition) is 3. The second-order valence-corrected chi connectivity index (χ2v) is 4.10. The smallest absolute Gasteiger partial charge is 0.119 e. The normalized spacial score (nSPS) is 10.3. The number of methoxy groups -OCH3 is 1. The maximum atomic E-state index is 5.19. The van der Waals surface area contributed by atoms with Crippen molar-refractivity contribution in [3.05, 3.63) is 59.9 Å². The number of aromatic nitrogens is 1. The molecular weight excluding hydrogens is 224 g/mol. The van der Waals surface area contributed by atoms with Crippen molar-refractivity contribution in [2.75, 3.05) is 13.7 Å². The van der Waals surface area contributed by atoms with Crippen molar-refractivity contribution in [2.24, 2.45) is 0 Å². The zero-order valence-corrected chi connectivity index (χ0v) is 10.6. The number of benzene rings is 1. The predicted octanol–water partition coefficient (Wildman–Crippen LogP) is 2.42. The fourth-order valence-corrected chi connectivity index (χ4v) is 1.78. The van der Waals surface area contributed by atoms with Crippen LogP contribution < -0.4 is 10.1 Å². The molecule has 1 aromatic heterocycles. The minimum absolute atomic E-state index is 0.851. The van der Waals surface area contributed by atoms with Crippen LogP contribution in [-0.2, 0) is 13.0 Å². The molecule has 2 rings (SSSR count). The topological polar surface area (TPSA) is 34.1 Å². The highest BCUT2D eigenvalue weighted by atomic mass is 16.5. The van der Waals surface area contributed by atoms with E-state index in [0.717, 1.165) is 31.0 Å². The summed E-state index contributed by atoms with van der Waals surface area (Å²) in [4.78, 5) is 4.29. The van der Waals surface area contributed by atoms with Crippen molar-refractivity contribution in [1.29, 1.82) is 0 Å². The van der Waals surface area contributed by atoms with E-state index in [1.54, 1.807) is 7.11 Å². The molecule has 0 spiro atoms. The summed E-state index contributed by atoms with van der Waals surface area (Å²) in [5.41, 5.74) is 2.35. The minimum atomic E-state index is 0.851. The van der Waals surface area contributed by atoms with E-state index in [0.29, 0.717) is 0 Å². The quantitative estimate of drug-likeness (QED) is 0.790. The van der Waals surface area contributed by atoms with E-state index in [4.69, 9.17) is 4.74 Å². The van der Waals surface area contributed by atoms with Gasteiger partial charge < -0.3 is 10.1 Å². The van der Waals surface area contributed by atoms with E-state index in [1.165, 1.54) is 5.56 Å². The van der Waals surface area contributed by atoms with E-state index in [-0.39, 0.29) is 0 Å². The third-order valence-electron chi connectivity index (χ3n) is 2.75. The summed E-state index contributed by atoms with van der Waals surface area (Å²) in [7, 11) is 1.69. The molecule has 94 valence electrons. The Bertz CT molecular complexity index is 471. The fraction of sp³-hybridized carbons (Fsp3) is 0.267. The van der Waals surface area contributed by atoms with Gasteiger partial charge in [0, 0.05) is 31.4 Å². The van der Waals surface area contributed by atoms with E-state index in [2.05, 4.69) is 16.4 Å². The second-order valence-electron chi connectivity index (χ2n) is 4.10. The van der Waals surface area contributed by atoms with Gasteiger partial charge in [0.1, 0.15) is 5.75 Å². The maximum Gasteiger partial charge on any atom is 0.119 e. The van der Waals surface area contributed by atoms with Crippen LogP contribution in [0.25, 0.3) is 0 Å². The van der Waals surface area contributed by atoms with Gasteiger partial charge in [-0.3, -0.25) is 4.98 Å². The van der Waals surface area contributed by atoms with Crippen LogP contribution in [0.5, 0.6) is 5.75 Å². The number of pyridine rings is 1. The van der Waals surface area contributed by atoms with E-state index in [9.17, 15) is 0 Å². The second kappa shape index (κ2) is 6.77. The standard InChI is InChI=1S/C15H18N2O/c1-18-15-7-4-5-13(11-15)12-16-10-8-14-6-2-3-9-17-14/h2-7,9,11,16H,8,10,12H2,1H3. The summed E-state index contributed by atoms with van der Waals surface area (Å²) in [5, 5.41) is 3.41. The zero-order valence-electron chi connectivity index (χ0n) is 10.6. The Morgan fingerprint density at radius 2 is 2.11 bits per heavy atom. The number of hydrogen-bond donors (Lipinski definition) is 1. The van der Waals surface area contributed by atoms with Crippen molar-refractivity contribution in [3.63, 3.8) is 0 Å². The predicted molar refractivity (Wildman–Crippen MR) is 72.6 cm³/mol. The number of rotatable bonds is 6. The highest BCUT2D eigenvalue weighted by molar-refractivity contribution is 5.28. The van der Waals surface area contributed by atoms with Gasteiger partial charge in [0.15, 0.2) is 0 Å². The van der Waals surface area contributed by atoms with Crippen LogP contribution >= 0.6 is 0 Å². The van der Waals surface area contributed by atoms with Gasteiger partial charge in [0.25, 0.3) is 0 Å². The lowest BCUT2D eigenvalue weighted by Crippen LogP contribution is -2.17. The Hall–Kier alpha value is -1.87. The molecule has 0 saturated carbocycles. The van der Waals surface area contributed by atoms with Gasteiger partial charge in [0.05, 0.1) is 7.11 Å². The third-order valence-corrected chi connectivity index (χ3v) is 2.75. The molecule has 18 heavy (non-hydrogen) atoms. The van der Waals surface area contributed by atoms with Gasteiger partial charge in [-0.2, -0.15) is 0 Å². The Morgan fingerprint density at radius 1 is 1.17 bits per heavy atom. The molecule has 0 fully saturated rings. The largest absolute Gasteiger partial charge is 0.497 e. The first kappa shape index (κ1) is 12.6. The summed E-state index contributed by atoms with van der Waals surface area (Å²) < 4.78 is 5.19. The van der Waals surface area contributed by atoms with E-state index >= 15 is 0 Å². The van der Waals surface area contributed by atoms with E-state index in [1.807, 2.05) is 42.6 Å². The van der Waals surface area contributed by atoms with Gasteiger partial charge in [-0.15, -0.1) is 0 Å². The lowest BCUT2D eigenvalue weighted by molar-refractivity contribution is 0.414. The molecule has 0 radical (unpaired) electrons. The van der Waals surface area contributed by atoms with Crippen molar-refractivity contribution in [3.8, 4) is 5.75 Å². The molecular formula is C15H18N2O. The summed E-state index contributed by atoms with van der Waals surface area (Å²) in [6.07, 6.45) is 2.78. The zero-order chi connectivity index (χ0) is 12.6. The molecule has 0 aliphatic carbocycles. The molecule has 1 N–H and O–H groups in total. The number of nitrogens with one attached hydrogen (secondary N) is 1. The molecule has 1 heterocycles. The summed E-state index contributed by atoms with van der Waals surface area (Å²) >= 11 is 0. The summed E-state index contributed by atoms with van der Waals surface area (Å²) in [5.74, 6) is 0.902. The number of ether oxygens (including phenoxy) is 1. The molecule has 3 nitrogen and oxygen atoms in total. The first-order valence-electron chi connectivity index (χ1n) is 6.12. The molecule has 2 aromatic rings. The highest BCUT2D eigenvalue weighted by Crippen LogP contribution is 2.11. The van der Waals surface area contributed by atoms with Crippen LogP contribution in [0.2, 0.25) is 0 Å². The van der Waals surface area contributed by atoms with Crippen LogP contribution in [0.4, 0.5) is 0 Å². The molecule has 0 saturated heterocycles. The minimum Gasteiger partial charge on any atom is -0.497 e. The summed E-state index contributed by atoms with van der Waals surface area (Å²) in [6.45, 7) is 1.78. The number of nitrogens with zero attached hydrogens (tertiary/aromatic N) is 1. The molecule has 3 heteroatoms. The van der Waals surface area contributed by atoms with Gasteiger partial charge in [-0.25, -0.2) is 0 Å². The van der Waals surface area contributed by atoms with Crippen LogP contribution in [0.1, 0.15) is 11.3 Å². The van der Waals surface area contributed by atoms with Crippen LogP contribution in [0.3, 0.4) is 0 Å². The third kappa shape index (κ3) is 3.86. The SMILES string of the molecule is COc1cccc(CNCCc2ccccn2)c1. The average Bonchev–Trinajstić information content (AvgIpc) is 2.45. The Morgan fingerprint density at radius 3 is 2.89 bits per heavy atom. The van der Waals surface area contributed by atoms with Gasteiger partial charge >= 0.3 is 0 Å². The van der Waals surface area contributed by atoms with Gasteiger partial charge in [0.2, 0.25) is 0 Å². The van der Waals surface area contributed by atoms with E-state index < -0.39 is 0 Å². The van der Waals surface area contributed by atoms with Gasteiger partial charge in [-0.1, -0.05) is 18.2 Å². The Kier molecular flexibility index (Phi) is 4.73. The molecule has 0 aliphatic heterocycles. The Labute approximate surface area is 108 Å². The average molecular weight is 242 g/mol. The van der Waals surface area contributed by atoms with Crippen LogP contribution in [-0.4, -0.2) is 18.6 Å². The highest BCUT2D eigenvalue weighted by Gasteiger charge is 1.96. The van der Waals surface area contributed by atoms with Gasteiger partial charge in [-0.05, 0) is 29.8 Å². The van der Waals surface area contributed by atoms with Crippen LogP contribution in [0.15, 0.2) is 48.7 Å². The molecule has 0 atom stereocenters. The summed E-state index contributed by atoms with van der Waals surface area (Å²) in [6, 6.07) is 14.1. The maximum absolute atomic E-state index is 5.19. The molecule has 0 amide bonds.